The summed E-state index contributed by atoms with van der Waals surface area (Å²) < 4.78 is 5.22. The van der Waals surface area contributed by atoms with E-state index in [1.807, 2.05) is 43.3 Å². The Kier molecular flexibility index (Phi) is 4.08. The molecule has 0 spiro atoms. The summed E-state index contributed by atoms with van der Waals surface area (Å²) in [5.74, 6) is 0.875. The van der Waals surface area contributed by atoms with Crippen LogP contribution >= 0.6 is 0 Å². The third-order valence-corrected chi connectivity index (χ3v) is 5.24. The first-order valence-electron chi connectivity index (χ1n) is 8.24. The normalized spacial score (nSPS) is 21.2. The number of ether oxygens (including phenoxy) is 1. The number of benzene rings is 1. The third-order valence-electron chi connectivity index (χ3n) is 5.24. The lowest BCUT2D eigenvalue weighted by Gasteiger charge is -2.21. The molecule has 4 heteroatoms. The van der Waals surface area contributed by atoms with E-state index in [2.05, 4.69) is 24.1 Å². The zero-order chi connectivity index (χ0) is 17.4. The molecule has 1 atom stereocenters. The highest BCUT2D eigenvalue weighted by molar-refractivity contribution is 5.93. The quantitative estimate of drug-likeness (QED) is 0.917. The summed E-state index contributed by atoms with van der Waals surface area (Å²) in [5.41, 5.74) is 2.52. The van der Waals surface area contributed by atoms with E-state index in [1.54, 1.807) is 13.3 Å². The predicted molar refractivity (Wildman–Crippen MR) is 93.9 cm³/mol. The Labute approximate surface area is 143 Å². The Morgan fingerprint density at radius 2 is 1.92 bits per heavy atom. The Hall–Kier alpha value is -2.36. The van der Waals surface area contributed by atoms with Crippen LogP contribution in [0.25, 0.3) is 0 Å². The molecule has 1 amide bonds. The molecule has 1 heterocycles. The first-order valence-corrected chi connectivity index (χ1v) is 8.24. The van der Waals surface area contributed by atoms with Gasteiger partial charge >= 0.3 is 0 Å². The van der Waals surface area contributed by atoms with Crippen LogP contribution in [0, 0.1) is 12.3 Å². The number of amides is 1. The summed E-state index contributed by atoms with van der Waals surface area (Å²) in [4.78, 5) is 17.4. The summed E-state index contributed by atoms with van der Waals surface area (Å²) in [6.45, 7) is 6.75. The molecule has 3 rings (SSSR count). The van der Waals surface area contributed by atoms with Crippen molar-refractivity contribution in [2.24, 2.45) is 5.41 Å². The zero-order valence-electron chi connectivity index (χ0n) is 14.7. The minimum Gasteiger partial charge on any atom is -0.497 e. The van der Waals surface area contributed by atoms with E-state index >= 15 is 0 Å². The fourth-order valence-electron chi connectivity index (χ4n) is 3.52. The molecule has 0 bridgehead atoms. The molecule has 0 radical (unpaired) electrons. The van der Waals surface area contributed by atoms with Gasteiger partial charge in [0.25, 0.3) is 0 Å². The number of carbonyl (C=O) groups excluding carboxylic acids is 1. The zero-order valence-corrected chi connectivity index (χ0v) is 14.7. The minimum absolute atomic E-state index is 0.0508. The van der Waals surface area contributed by atoms with Crippen LogP contribution in [0.4, 0.5) is 0 Å². The van der Waals surface area contributed by atoms with Crippen LogP contribution in [0.15, 0.2) is 42.6 Å². The van der Waals surface area contributed by atoms with Gasteiger partial charge in [-0.2, -0.15) is 0 Å². The molecule has 4 nitrogen and oxygen atoms in total. The van der Waals surface area contributed by atoms with E-state index in [-0.39, 0.29) is 11.3 Å². The second-order valence-electron chi connectivity index (χ2n) is 7.14. The molecule has 0 aliphatic heterocycles. The minimum atomic E-state index is -0.470. The van der Waals surface area contributed by atoms with Crippen molar-refractivity contribution < 1.29 is 9.53 Å². The highest BCUT2D eigenvalue weighted by Gasteiger charge is 2.66. The third kappa shape index (κ3) is 2.66. The van der Waals surface area contributed by atoms with Crippen molar-refractivity contribution in [2.45, 2.75) is 39.2 Å². The molecule has 126 valence electrons. The van der Waals surface area contributed by atoms with Crippen molar-refractivity contribution >= 4 is 5.91 Å². The van der Waals surface area contributed by atoms with Crippen molar-refractivity contribution in [3.8, 4) is 5.75 Å². The van der Waals surface area contributed by atoms with Gasteiger partial charge in [0.15, 0.2) is 0 Å². The second kappa shape index (κ2) is 5.93. The second-order valence-corrected chi connectivity index (χ2v) is 7.14. The van der Waals surface area contributed by atoms with E-state index in [4.69, 9.17) is 4.74 Å². The van der Waals surface area contributed by atoms with Gasteiger partial charge in [0.2, 0.25) is 5.91 Å². The van der Waals surface area contributed by atoms with Gasteiger partial charge in [-0.3, -0.25) is 9.78 Å². The number of rotatable bonds is 5. The summed E-state index contributed by atoms with van der Waals surface area (Å²) in [5, 5.41) is 3.09. The molecule has 1 aromatic heterocycles. The molecular formula is C20H24N2O2. The van der Waals surface area contributed by atoms with Crippen LogP contribution < -0.4 is 10.1 Å². The standard InChI is InChI=1S/C20H24N2O2/c1-14-6-5-11-21-17(14)12-22-18(23)20(13-19(20,2)3)15-7-9-16(24-4)10-8-15/h5-11H,12-13H2,1-4H3,(H,22,23)/t20-/m0/s1. The number of hydrogen-bond donors (Lipinski definition) is 1. The fraction of sp³-hybridized carbons (Fsp3) is 0.400. The molecule has 0 saturated heterocycles. The van der Waals surface area contributed by atoms with Crippen molar-refractivity contribution in [3.63, 3.8) is 0 Å². The van der Waals surface area contributed by atoms with Gasteiger partial charge in [0.05, 0.1) is 24.8 Å². The van der Waals surface area contributed by atoms with Crippen LogP contribution in [-0.2, 0) is 16.8 Å². The lowest BCUT2D eigenvalue weighted by Crippen LogP contribution is -2.37. The average Bonchev–Trinajstić information content (AvgIpc) is 3.18. The first kappa shape index (κ1) is 16.5. The van der Waals surface area contributed by atoms with Crippen LogP contribution in [0.2, 0.25) is 0 Å². The van der Waals surface area contributed by atoms with E-state index in [1.165, 1.54) is 0 Å². The maximum Gasteiger partial charge on any atom is 0.231 e. The van der Waals surface area contributed by atoms with Gasteiger partial charge in [-0.1, -0.05) is 32.0 Å². The molecule has 1 aliphatic carbocycles. The summed E-state index contributed by atoms with van der Waals surface area (Å²) in [7, 11) is 1.65. The smallest absolute Gasteiger partial charge is 0.231 e. The van der Waals surface area contributed by atoms with Gasteiger partial charge < -0.3 is 10.1 Å². The van der Waals surface area contributed by atoms with Gasteiger partial charge in [0.1, 0.15) is 5.75 Å². The Balaban J connectivity index is 1.80. The SMILES string of the molecule is COc1ccc([C@]2(C(=O)NCc3ncccc3C)CC2(C)C)cc1. The highest BCUT2D eigenvalue weighted by Crippen LogP contribution is 2.64. The molecule has 1 fully saturated rings. The number of nitrogens with one attached hydrogen (secondary N) is 1. The maximum atomic E-state index is 13.0. The summed E-state index contributed by atoms with van der Waals surface area (Å²) in [6, 6.07) is 11.7. The Morgan fingerprint density at radius 3 is 2.46 bits per heavy atom. The number of carbonyl (C=O) groups is 1. The van der Waals surface area contributed by atoms with Crippen molar-refractivity contribution in [2.75, 3.05) is 7.11 Å². The summed E-state index contributed by atoms with van der Waals surface area (Å²) >= 11 is 0. The van der Waals surface area contributed by atoms with Crippen molar-refractivity contribution in [1.29, 1.82) is 0 Å². The molecule has 1 saturated carbocycles. The van der Waals surface area contributed by atoms with Crippen molar-refractivity contribution in [3.05, 3.63) is 59.4 Å². The number of aryl methyl sites for hydroxylation is 1. The molecule has 2 aromatic rings. The van der Waals surface area contributed by atoms with E-state index in [9.17, 15) is 4.79 Å². The largest absolute Gasteiger partial charge is 0.497 e. The van der Waals surface area contributed by atoms with Gasteiger partial charge in [0, 0.05) is 6.20 Å². The molecule has 1 aromatic carbocycles. The number of hydrogen-bond acceptors (Lipinski definition) is 3. The number of aromatic nitrogens is 1. The monoisotopic (exact) mass is 324 g/mol. The Morgan fingerprint density at radius 1 is 1.25 bits per heavy atom. The maximum absolute atomic E-state index is 13.0. The molecule has 0 unspecified atom stereocenters. The van der Waals surface area contributed by atoms with Crippen LogP contribution in [0.3, 0.4) is 0 Å². The number of nitrogens with zero attached hydrogens (tertiary/aromatic N) is 1. The highest BCUT2D eigenvalue weighted by atomic mass is 16.5. The number of methoxy groups -OCH3 is 1. The lowest BCUT2D eigenvalue weighted by atomic mass is 9.87. The average molecular weight is 324 g/mol. The van der Waals surface area contributed by atoms with Gasteiger partial charge in [-0.25, -0.2) is 0 Å². The fourth-order valence-corrected chi connectivity index (χ4v) is 3.52. The predicted octanol–water partition coefficient (Wildman–Crippen LogP) is 3.38. The molecule has 1 aliphatic rings. The lowest BCUT2D eigenvalue weighted by molar-refractivity contribution is -0.124. The molecule has 24 heavy (non-hydrogen) atoms. The van der Waals surface area contributed by atoms with Crippen LogP contribution in [-0.4, -0.2) is 18.0 Å². The van der Waals surface area contributed by atoms with E-state index < -0.39 is 5.41 Å². The summed E-state index contributed by atoms with van der Waals surface area (Å²) in [6.07, 6.45) is 2.61. The van der Waals surface area contributed by atoms with Crippen molar-refractivity contribution in [1.82, 2.24) is 10.3 Å². The van der Waals surface area contributed by atoms with Crippen LogP contribution in [0.1, 0.15) is 37.1 Å². The van der Waals surface area contributed by atoms with Gasteiger partial charge in [-0.05, 0) is 48.1 Å². The first-order chi connectivity index (χ1) is 11.4. The molecule has 1 N–H and O–H groups in total. The Bertz CT molecular complexity index is 752. The molecular weight excluding hydrogens is 300 g/mol. The van der Waals surface area contributed by atoms with E-state index in [0.717, 1.165) is 29.0 Å². The van der Waals surface area contributed by atoms with E-state index in [0.29, 0.717) is 6.54 Å². The van der Waals surface area contributed by atoms with Crippen LogP contribution in [0.5, 0.6) is 5.75 Å². The topological polar surface area (TPSA) is 51.2 Å². The van der Waals surface area contributed by atoms with Gasteiger partial charge in [-0.15, -0.1) is 0 Å². The number of pyridine rings is 1.